The number of fused-ring (bicyclic) bond motifs is 1. The standard InChI is InChI=1S/C24H23N3O5S/c1-16-5-7-17(8-6-16)23(28)27(18-9-11-19(32-4)12-10-18)33(30,31)20-13-14-21-22(15-20)26(3)24(29)25(21)2/h5-15H,1-4H3. The number of sulfonamides is 1. The number of amides is 1. The lowest BCUT2D eigenvalue weighted by Gasteiger charge is -2.23. The highest BCUT2D eigenvalue weighted by molar-refractivity contribution is 7.93. The van der Waals surface area contributed by atoms with Crippen LogP contribution < -0.4 is 14.7 Å². The van der Waals surface area contributed by atoms with Crippen LogP contribution in [-0.4, -0.2) is 30.6 Å². The van der Waals surface area contributed by atoms with Crippen LogP contribution in [0.4, 0.5) is 5.69 Å². The van der Waals surface area contributed by atoms with Gasteiger partial charge in [-0.25, -0.2) is 13.2 Å². The number of carbonyl (C=O) groups excluding carboxylic acids is 1. The second-order valence-corrected chi connectivity index (χ2v) is 9.48. The third kappa shape index (κ3) is 3.80. The van der Waals surface area contributed by atoms with Gasteiger partial charge < -0.3 is 4.74 Å². The number of aryl methyl sites for hydroxylation is 3. The van der Waals surface area contributed by atoms with Gasteiger partial charge in [0.05, 0.1) is 28.7 Å². The zero-order chi connectivity index (χ0) is 23.9. The van der Waals surface area contributed by atoms with E-state index in [0.717, 1.165) is 9.87 Å². The van der Waals surface area contributed by atoms with Crippen molar-refractivity contribution in [2.45, 2.75) is 11.8 Å². The number of hydrogen-bond acceptors (Lipinski definition) is 5. The zero-order valence-electron chi connectivity index (χ0n) is 18.6. The number of hydrogen-bond donors (Lipinski definition) is 0. The number of aromatic nitrogens is 2. The number of anilines is 1. The van der Waals surface area contributed by atoms with Crippen LogP contribution in [-0.2, 0) is 24.1 Å². The lowest BCUT2D eigenvalue weighted by Crippen LogP contribution is -2.37. The lowest BCUT2D eigenvalue weighted by atomic mass is 10.1. The van der Waals surface area contributed by atoms with Gasteiger partial charge in [0.2, 0.25) is 0 Å². The van der Waals surface area contributed by atoms with Crippen LogP contribution in [0.15, 0.2) is 76.4 Å². The molecule has 0 aliphatic heterocycles. The second kappa shape index (κ2) is 8.25. The summed E-state index contributed by atoms with van der Waals surface area (Å²) in [5, 5.41) is 0. The highest BCUT2D eigenvalue weighted by atomic mass is 32.2. The van der Waals surface area contributed by atoms with Gasteiger partial charge in [-0.15, -0.1) is 0 Å². The van der Waals surface area contributed by atoms with E-state index in [-0.39, 0.29) is 21.8 Å². The molecule has 0 bridgehead atoms. The monoisotopic (exact) mass is 465 g/mol. The van der Waals surface area contributed by atoms with E-state index in [2.05, 4.69) is 0 Å². The van der Waals surface area contributed by atoms with Crippen molar-refractivity contribution in [2.24, 2.45) is 14.1 Å². The van der Waals surface area contributed by atoms with Crippen LogP contribution in [0, 0.1) is 6.92 Å². The SMILES string of the molecule is COc1ccc(N(C(=O)c2ccc(C)cc2)S(=O)(=O)c2ccc3c(c2)n(C)c(=O)n3C)cc1. The summed E-state index contributed by atoms with van der Waals surface area (Å²) in [6, 6.07) is 17.2. The van der Waals surface area contributed by atoms with E-state index in [1.807, 2.05) is 6.92 Å². The van der Waals surface area contributed by atoms with Crippen LogP contribution in [0.2, 0.25) is 0 Å². The van der Waals surface area contributed by atoms with Crippen LogP contribution in [0.3, 0.4) is 0 Å². The maximum Gasteiger partial charge on any atom is 0.328 e. The fourth-order valence-electron chi connectivity index (χ4n) is 3.65. The highest BCUT2D eigenvalue weighted by Gasteiger charge is 2.32. The van der Waals surface area contributed by atoms with Crippen LogP contribution >= 0.6 is 0 Å². The minimum atomic E-state index is -4.32. The van der Waals surface area contributed by atoms with Crippen molar-refractivity contribution in [1.29, 1.82) is 0 Å². The Balaban J connectivity index is 1.90. The molecule has 0 atom stereocenters. The van der Waals surface area contributed by atoms with Gasteiger partial charge in [-0.3, -0.25) is 13.9 Å². The molecule has 1 aromatic heterocycles. The average Bonchev–Trinajstić information content (AvgIpc) is 3.03. The molecule has 170 valence electrons. The predicted molar refractivity (Wildman–Crippen MR) is 126 cm³/mol. The molecule has 0 spiro atoms. The molecule has 0 unspecified atom stereocenters. The van der Waals surface area contributed by atoms with Gasteiger partial charge in [-0.1, -0.05) is 17.7 Å². The third-order valence-electron chi connectivity index (χ3n) is 5.57. The molecule has 0 fully saturated rings. The Hall–Kier alpha value is -3.85. The Labute approximate surface area is 191 Å². The Kier molecular flexibility index (Phi) is 5.59. The minimum absolute atomic E-state index is 0.104. The van der Waals surface area contributed by atoms with Gasteiger partial charge >= 0.3 is 5.69 Å². The fourth-order valence-corrected chi connectivity index (χ4v) is 5.08. The first kappa shape index (κ1) is 22.3. The molecule has 0 N–H and O–H groups in total. The van der Waals surface area contributed by atoms with E-state index in [1.165, 1.54) is 40.5 Å². The van der Waals surface area contributed by atoms with Crippen LogP contribution in [0.25, 0.3) is 11.0 Å². The maximum absolute atomic E-state index is 13.8. The number of carbonyl (C=O) groups is 1. The molecule has 0 radical (unpaired) electrons. The quantitative estimate of drug-likeness (QED) is 0.451. The molecule has 8 nitrogen and oxygen atoms in total. The van der Waals surface area contributed by atoms with E-state index in [9.17, 15) is 18.0 Å². The molecule has 0 aliphatic rings. The number of nitrogens with zero attached hydrogens (tertiary/aromatic N) is 3. The first-order valence-electron chi connectivity index (χ1n) is 10.1. The molecule has 0 saturated heterocycles. The number of ether oxygens (including phenoxy) is 1. The molecule has 4 rings (SSSR count). The van der Waals surface area contributed by atoms with Crippen molar-refractivity contribution in [3.05, 3.63) is 88.3 Å². The van der Waals surface area contributed by atoms with Gasteiger partial charge in [-0.05, 0) is 61.5 Å². The Bertz CT molecular complexity index is 1520. The lowest BCUT2D eigenvalue weighted by molar-refractivity contribution is 0.101. The molecule has 0 saturated carbocycles. The maximum atomic E-state index is 13.8. The van der Waals surface area contributed by atoms with E-state index < -0.39 is 15.9 Å². The van der Waals surface area contributed by atoms with E-state index in [0.29, 0.717) is 16.8 Å². The minimum Gasteiger partial charge on any atom is -0.497 e. The van der Waals surface area contributed by atoms with Crippen LogP contribution in [0.1, 0.15) is 15.9 Å². The third-order valence-corrected chi connectivity index (χ3v) is 7.28. The number of rotatable bonds is 5. The largest absolute Gasteiger partial charge is 0.497 e. The van der Waals surface area contributed by atoms with Gasteiger partial charge in [-0.2, -0.15) is 4.31 Å². The first-order valence-corrected chi connectivity index (χ1v) is 11.5. The molecule has 4 aromatic rings. The Morgan fingerprint density at radius 3 is 2.09 bits per heavy atom. The summed E-state index contributed by atoms with van der Waals surface area (Å²) in [4.78, 5) is 25.7. The van der Waals surface area contributed by atoms with Crippen molar-refractivity contribution in [2.75, 3.05) is 11.4 Å². The smallest absolute Gasteiger partial charge is 0.328 e. The van der Waals surface area contributed by atoms with E-state index in [4.69, 9.17) is 4.74 Å². The van der Waals surface area contributed by atoms with E-state index >= 15 is 0 Å². The summed E-state index contributed by atoms with van der Waals surface area (Å²) in [5.74, 6) is -0.165. The van der Waals surface area contributed by atoms with Gasteiger partial charge in [0.15, 0.2) is 0 Å². The Morgan fingerprint density at radius 2 is 1.48 bits per heavy atom. The fraction of sp³-hybridized carbons (Fsp3) is 0.167. The molecule has 1 heterocycles. The second-order valence-electron chi connectivity index (χ2n) is 7.69. The van der Waals surface area contributed by atoms with Crippen molar-refractivity contribution < 1.29 is 17.9 Å². The summed E-state index contributed by atoms with van der Waals surface area (Å²) >= 11 is 0. The summed E-state index contributed by atoms with van der Waals surface area (Å²) in [6.07, 6.45) is 0. The molecule has 0 aliphatic carbocycles. The number of imidazole rings is 1. The van der Waals surface area contributed by atoms with Crippen LogP contribution in [0.5, 0.6) is 5.75 Å². The van der Waals surface area contributed by atoms with Crippen molar-refractivity contribution in [3.8, 4) is 5.75 Å². The molecule has 33 heavy (non-hydrogen) atoms. The summed E-state index contributed by atoms with van der Waals surface area (Å²) in [5.41, 5.74) is 2.10. The van der Waals surface area contributed by atoms with Gasteiger partial charge in [0.1, 0.15) is 5.75 Å². The summed E-state index contributed by atoms with van der Waals surface area (Å²) in [6.45, 7) is 1.88. The molecular formula is C24H23N3O5S. The molecular weight excluding hydrogens is 442 g/mol. The highest BCUT2D eigenvalue weighted by Crippen LogP contribution is 2.29. The summed E-state index contributed by atoms with van der Waals surface area (Å²) < 4.78 is 36.3. The van der Waals surface area contributed by atoms with Crippen molar-refractivity contribution in [1.82, 2.24) is 9.13 Å². The molecule has 9 heteroatoms. The topological polar surface area (TPSA) is 90.6 Å². The number of methoxy groups -OCH3 is 1. The number of benzene rings is 3. The summed E-state index contributed by atoms with van der Waals surface area (Å²) in [7, 11) is 0.359. The van der Waals surface area contributed by atoms with Crippen molar-refractivity contribution >= 4 is 32.7 Å². The van der Waals surface area contributed by atoms with E-state index in [1.54, 1.807) is 56.6 Å². The van der Waals surface area contributed by atoms with Gasteiger partial charge in [0, 0.05) is 19.7 Å². The zero-order valence-corrected chi connectivity index (χ0v) is 19.5. The normalized spacial score (nSPS) is 11.5. The predicted octanol–water partition coefficient (Wildman–Crippen LogP) is 3.23. The van der Waals surface area contributed by atoms with Crippen molar-refractivity contribution in [3.63, 3.8) is 0 Å². The van der Waals surface area contributed by atoms with Gasteiger partial charge in [0.25, 0.3) is 15.9 Å². The average molecular weight is 466 g/mol. The molecule has 3 aromatic carbocycles. The molecule has 1 amide bonds. The Morgan fingerprint density at radius 1 is 0.879 bits per heavy atom. The first-order chi connectivity index (χ1) is 15.6.